The minimum absolute atomic E-state index is 0.130. The van der Waals surface area contributed by atoms with Gasteiger partial charge < -0.3 is 19.3 Å². The molecule has 2 aliphatic rings. The maximum atomic E-state index is 12.4. The lowest BCUT2D eigenvalue weighted by Gasteiger charge is -2.40. The topological polar surface area (TPSA) is 45.2 Å². The third kappa shape index (κ3) is 5.61. The van der Waals surface area contributed by atoms with Gasteiger partial charge in [0, 0.05) is 55.5 Å². The summed E-state index contributed by atoms with van der Waals surface area (Å²) in [4.78, 5) is 19.1. The van der Waals surface area contributed by atoms with Crippen molar-refractivity contribution < 1.29 is 14.3 Å². The van der Waals surface area contributed by atoms with E-state index in [9.17, 15) is 4.79 Å². The molecule has 6 nitrogen and oxygen atoms in total. The van der Waals surface area contributed by atoms with Crippen LogP contribution in [0.2, 0.25) is 0 Å². The van der Waals surface area contributed by atoms with Gasteiger partial charge in [0.25, 0.3) is 0 Å². The van der Waals surface area contributed by atoms with E-state index in [0.29, 0.717) is 6.54 Å². The Hall–Kier alpha value is -1.31. The molecular weight excluding hydrogens is 422 g/mol. The highest BCUT2D eigenvalue weighted by Gasteiger charge is 2.31. The molecule has 0 unspecified atom stereocenters. The summed E-state index contributed by atoms with van der Waals surface area (Å²) < 4.78 is 12.2. The summed E-state index contributed by atoms with van der Waals surface area (Å²) in [5.74, 6) is 0. The molecule has 1 aromatic carbocycles. The van der Waals surface area contributed by atoms with Gasteiger partial charge in [0.15, 0.2) is 0 Å². The van der Waals surface area contributed by atoms with Crippen molar-refractivity contribution in [3.8, 4) is 0 Å². The van der Waals surface area contributed by atoms with Crippen molar-refractivity contribution in [1.82, 2.24) is 9.80 Å². The zero-order chi connectivity index (χ0) is 20.3. The number of benzene rings is 1. The van der Waals surface area contributed by atoms with Gasteiger partial charge in [-0.1, -0.05) is 22.0 Å². The van der Waals surface area contributed by atoms with Crippen LogP contribution >= 0.6 is 15.9 Å². The Morgan fingerprint density at radius 1 is 1.21 bits per heavy atom. The number of piperazine rings is 1. The lowest BCUT2D eigenvalue weighted by molar-refractivity contribution is 0.000568. The first-order valence-corrected chi connectivity index (χ1v) is 10.9. The van der Waals surface area contributed by atoms with E-state index >= 15 is 0 Å². The number of nitrogens with zero attached hydrogens (tertiary/aromatic N) is 3. The molecule has 0 spiro atoms. The molecule has 1 aromatic rings. The molecule has 28 heavy (non-hydrogen) atoms. The molecule has 0 N–H and O–H groups in total. The summed E-state index contributed by atoms with van der Waals surface area (Å²) in [5, 5.41) is 0. The normalized spacial score (nSPS) is 21.7. The Kier molecular flexibility index (Phi) is 6.89. The first-order chi connectivity index (χ1) is 13.2. The fourth-order valence-electron chi connectivity index (χ4n) is 3.78. The molecule has 3 rings (SSSR count). The van der Waals surface area contributed by atoms with Crippen LogP contribution in [0.4, 0.5) is 10.5 Å². The van der Waals surface area contributed by atoms with Gasteiger partial charge in [0.1, 0.15) is 5.60 Å². The number of halogens is 1. The van der Waals surface area contributed by atoms with Crippen molar-refractivity contribution in [2.75, 3.05) is 50.8 Å². The second kappa shape index (κ2) is 9.01. The number of amides is 1. The average Bonchev–Trinajstić information content (AvgIpc) is 2.62. The second-order valence-electron chi connectivity index (χ2n) is 8.63. The van der Waals surface area contributed by atoms with E-state index in [1.165, 1.54) is 11.3 Å². The largest absolute Gasteiger partial charge is 0.444 e. The summed E-state index contributed by atoms with van der Waals surface area (Å²) in [6, 6.07) is 6.66. The smallest absolute Gasteiger partial charge is 0.410 e. The maximum Gasteiger partial charge on any atom is 0.410 e. The van der Waals surface area contributed by atoms with Crippen LogP contribution in [-0.4, -0.2) is 73.5 Å². The quantitative estimate of drug-likeness (QED) is 0.697. The minimum Gasteiger partial charge on any atom is -0.444 e. The lowest BCUT2D eigenvalue weighted by Crippen LogP contribution is -2.54. The lowest BCUT2D eigenvalue weighted by atomic mass is 10.1. The number of carbonyl (C=O) groups is 1. The molecule has 0 aliphatic carbocycles. The van der Waals surface area contributed by atoms with Crippen molar-refractivity contribution >= 4 is 27.7 Å². The van der Waals surface area contributed by atoms with E-state index in [0.717, 1.165) is 50.4 Å². The number of carbonyl (C=O) groups excluding carboxylic acids is 1. The molecule has 156 valence electrons. The van der Waals surface area contributed by atoms with E-state index in [1.54, 1.807) is 0 Å². The number of hydrogen-bond acceptors (Lipinski definition) is 5. The average molecular weight is 454 g/mol. The third-order valence-corrected chi connectivity index (χ3v) is 5.63. The van der Waals surface area contributed by atoms with Gasteiger partial charge in [-0.2, -0.15) is 0 Å². The van der Waals surface area contributed by atoms with Gasteiger partial charge in [-0.3, -0.25) is 4.90 Å². The van der Waals surface area contributed by atoms with Crippen LogP contribution in [0.1, 0.15) is 33.3 Å². The monoisotopic (exact) mass is 453 g/mol. The molecule has 1 atom stereocenters. The van der Waals surface area contributed by atoms with Crippen LogP contribution in [0.15, 0.2) is 22.7 Å². The Balaban J connectivity index is 1.65. The maximum absolute atomic E-state index is 12.4. The van der Waals surface area contributed by atoms with Crippen LogP contribution in [0.3, 0.4) is 0 Å². The minimum atomic E-state index is -0.460. The molecule has 2 fully saturated rings. The first-order valence-electron chi connectivity index (χ1n) is 10.1. The van der Waals surface area contributed by atoms with Crippen LogP contribution in [0.5, 0.6) is 0 Å². The summed E-state index contributed by atoms with van der Waals surface area (Å²) in [6.07, 6.45) is -0.211. The SMILES string of the molecule is C[C@H]1CN(Cc2ccc(Br)cc2N2CCOCC2)CCN1C(=O)OC(C)(C)C. The number of hydrogen-bond donors (Lipinski definition) is 0. The van der Waals surface area contributed by atoms with Crippen LogP contribution in [-0.2, 0) is 16.0 Å². The number of morpholine rings is 1. The summed E-state index contributed by atoms with van der Waals surface area (Å²) in [5.41, 5.74) is 2.14. The highest BCUT2D eigenvalue weighted by Crippen LogP contribution is 2.28. The predicted octanol–water partition coefficient (Wildman–Crippen LogP) is 3.73. The summed E-state index contributed by atoms with van der Waals surface area (Å²) in [7, 11) is 0. The number of ether oxygens (including phenoxy) is 2. The van der Waals surface area contributed by atoms with E-state index in [-0.39, 0.29) is 12.1 Å². The van der Waals surface area contributed by atoms with Gasteiger partial charge in [-0.25, -0.2) is 4.79 Å². The van der Waals surface area contributed by atoms with Crippen molar-refractivity contribution in [2.24, 2.45) is 0 Å². The number of anilines is 1. The molecule has 2 heterocycles. The molecule has 0 radical (unpaired) electrons. The van der Waals surface area contributed by atoms with Crippen molar-refractivity contribution in [2.45, 2.75) is 45.9 Å². The fourth-order valence-corrected chi connectivity index (χ4v) is 4.13. The standard InChI is InChI=1S/C21H32BrN3O3/c1-16-14-23(7-8-25(16)20(26)28-21(2,3)4)15-17-5-6-18(22)13-19(17)24-9-11-27-12-10-24/h5-6,13,16H,7-12,14-15H2,1-4H3/t16-/m0/s1. The number of rotatable bonds is 3. The highest BCUT2D eigenvalue weighted by atomic mass is 79.9. The molecular formula is C21H32BrN3O3. The van der Waals surface area contributed by atoms with Gasteiger partial charge in [-0.05, 0) is 45.4 Å². The third-order valence-electron chi connectivity index (χ3n) is 5.13. The molecule has 7 heteroatoms. The van der Waals surface area contributed by atoms with Crippen molar-refractivity contribution in [3.63, 3.8) is 0 Å². The molecule has 0 bridgehead atoms. The molecule has 2 saturated heterocycles. The van der Waals surface area contributed by atoms with E-state index in [1.807, 2.05) is 25.7 Å². The van der Waals surface area contributed by atoms with Gasteiger partial charge in [0.2, 0.25) is 0 Å². The Morgan fingerprint density at radius 2 is 1.93 bits per heavy atom. The van der Waals surface area contributed by atoms with Crippen LogP contribution < -0.4 is 4.90 Å². The summed E-state index contributed by atoms with van der Waals surface area (Å²) in [6.45, 7) is 14.5. The van der Waals surface area contributed by atoms with Gasteiger partial charge in [0.05, 0.1) is 13.2 Å². The van der Waals surface area contributed by atoms with E-state index in [2.05, 4.69) is 50.9 Å². The van der Waals surface area contributed by atoms with Gasteiger partial charge in [-0.15, -0.1) is 0 Å². The Bertz CT molecular complexity index is 686. The molecule has 1 amide bonds. The van der Waals surface area contributed by atoms with Crippen LogP contribution in [0, 0.1) is 0 Å². The second-order valence-corrected chi connectivity index (χ2v) is 9.55. The summed E-state index contributed by atoms with van der Waals surface area (Å²) >= 11 is 3.62. The highest BCUT2D eigenvalue weighted by molar-refractivity contribution is 9.10. The fraction of sp³-hybridized carbons (Fsp3) is 0.667. The molecule has 2 aliphatic heterocycles. The van der Waals surface area contributed by atoms with Gasteiger partial charge >= 0.3 is 6.09 Å². The Morgan fingerprint density at radius 3 is 2.57 bits per heavy atom. The van der Waals surface area contributed by atoms with Crippen LogP contribution in [0.25, 0.3) is 0 Å². The Labute approximate surface area is 176 Å². The first kappa shape index (κ1) is 21.4. The zero-order valence-electron chi connectivity index (χ0n) is 17.4. The molecule has 0 saturated carbocycles. The molecule has 0 aromatic heterocycles. The predicted molar refractivity (Wildman–Crippen MR) is 115 cm³/mol. The van der Waals surface area contributed by atoms with E-state index < -0.39 is 5.60 Å². The van der Waals surface area contributed by atoms with Crippen molar-refractivity contribution in [1.29, 1.82) is 0 Å². The zero-order valence-corrected chi connectivity index (χ0v) is 19.0. The van der Waals surface area contributed by atoms with E-state index in [4.69, 9.17) is 9.47 Å². The van der Waals surface area contributed by atoms with Crippen molar-refractivity contribution in [3.05, 3.63) is 28.2 Å².